The van der Waals surface area contributed by atoms with E-state index in [9.17, 15) is 0 Å². The highest BCUT2D eigenvalue weighted by molar-refractivity contribution is 5.99. The Hall–Kier alpha value is -0.830. The van der Waals surface area contributed by atoms with Crippen LogP contribution in [0.3, 0.4) is 0 Å². The number of rotatable bonds is 1. The third-order valence-corrected chi connectivity index (χ3v) is 3.90. The molecule has 0 aromatic rings. The van der Waals surface area contributed by atoms with E-state index < -0.39 is 0 Å². The molecule has 0 unspecified atom stereocenters. The van der Waals surface area contributed by atoms with Gasteiger partial charge in [-0.15, -0.1) is 0 Å². The van der Waals surface area contributed by atoms with E-state index >= 15 is 0 Å². The Labute approximate surface area is 111 Å². The predicted octanol–water partition coefficient (Wildman–Crippen LogP) is 3.68. The van der Waals surface area contributed by atoms with Crippen molar-refractivity contribution in [3.8, 4) is 0 Å². The van der Waals surface area contributed by atoms with Gasteiger partial charge in [-0.05, 0) is 50.5 Å². The van der Waals surface area contributed by atoms with Crippen molar-refractivity contribution in [2.45, 2.75) is 70.6 Å². The van der Waals surface area contributed by atoms with Crippen molar-refractivity contribution >= 4 is 5.71 Å². The fraction of sp³-hybridized carbons (Fsp3) is 0.800. The number of hydrazone groups is 1. The first-order valence-corrected chi connectivity index (χ1v) is 7.70. The first-order chi connectivity index (χ1) is 8.97. The fourth-order valence-electron chi connectivity index (χ4n) is 2.76. The molecule has 2 rings (SSSR count). The number of hydrogen-bond acceptors (Lipinski definition) is 3. The molecule has 0 aromatic heterocycles. The summed E-state index contributed by atoms with van der Waals surface area (Å²) < 4.78 is 0. The third kappa shape index (κ3) is 4.81. The van der Waals surface area contributed by atoms with Gasteiger partial charge >= 0.3 is 0 Å². The van der Waals surface area contributed by atoms with E-state index in [0.29, 0.717) is 0 Å². The monoisotopic (exact) mass is 249 g/mol. The lowest BCUT2D eigenvalue weighted by Crippen LogP contribution is -2.28. The van der Waals surface area contributed by atoms with Gasteiger partial charge in [-0.25, -0.2) is 11.0 Å². The number of nitrogens with one attached hydrogen (secondary N) is 2. The standard InChI is InChI=1S/C15H27N3/c1-2-4-7-11-14(10-6-3-1)15-12-8-5-9-13-16-18-17-15/h10,16,18H,1-9,11-13H2/b14-10+,17-15-. The first kappa shape index (κ1) is 13.6. The van der Waals surface area contributed by atoms with E-state index in [2.05, 4.69) is 22.1 Å². The molecular weight excluding hydrogens is 222 g/mol. The molecule has 0 saturated carbocycles. The minimum atomic E-state index is 1.02. The van der Waals surface area contributed by atoms with E-state index in [1.54, 1.807) is 0 Å². The largest absolute Gasteiger partial charge is 0.243 e. The van der Waals surface area contributed by atoms with Crippen LogP contribution in [0.25, 0.3) is 0 Å². The molecule has 0 atom stereocenters. The zero-order valence-electron chi connectivity index (χ0n) is 11.5. The number of hydrogen-bond donors (Lipinski definition) is 2. The Morgan fingerprint density at radius 2 is 1.61 bits per heavy atom. The zero-order valence-corrected chi connectivity index (χ0v) is 11.5. The molecule has 2 aliphatic rings. The maximum absolute atomic E-state index is 4.56. The van der Waals surface area contributed by atoms with Crippen LogP contribution in [-0.4, -0.2) is 12.3 Å². The summed E-state index contributed by atoms with van der Waals surface area (Å²) in [6, 6.07) is 0. The normalized spacial score (nSPS) is 29.8. The van der Waals surface area contributed by atoms with E-state index in [0.717, 1.165) is 13.0 Å². The first-order valence-electron chi connectivity index (χ1n) is 7.70. The molecule has 3 nitrogen and oxygen atoms in total. The van der Waals surface area contributed by atoms with Gasteiger partial charge < -0.3 is 0 Å². The average molecular weight is 249 g/mol. The molecule has 2 N–H and O–H groups in total. The van der Waals surface area contributed by atoms with Crippen LogP contribution in [-0.2, 0) is 0 Å². The summed E-state index contributed by atoms with van der Waals surface area (Å²) in [7, 11) is 0. The smallest absolute Gasteiger partial charge is 0.0647 e. The van der Waals surface area contributed by atoms with E-state index in [-0.39, 0.29) is 0 Å². The van der Waals surface area contributed by atoms with Crippen LogP contribution < -0.4 is 11.0 Å². The third-order valence-electron chi connectivity index (χ3n) is 3.90. The molecule has 102 valence electrons. The Morgan fingerprint density at radius 3 is 2.61 bits per heavy atom. The Morgan fingerprint density at radius 1 is 0.833 bits per heavy atom. The summed E-state index contributed by atoms with van der Waals surface area (Å²) in [6.45, 7) is 1.02. The van der Waals surface area contributed by atoms with Crippen LogP contribution in [0.15, 0.2) is 16.8 Å². The van der Waals surface area contributed by atoms with Gasteiger partial charge in [0.05, 0.1) is 5.71 Å². The fourth-order valence-corrected chi connectivity index (χ4v) is 2.76. The Balaban J connectivity index is 1.99. The molecule has 0 spiro atoms. The topological polar surface area (TPSA) is 36.4 Å². The second-order valence-electron chi connectivity index (χ2n) is 5.44. The van der Waals surface area contributed by atoms with Crippen LogP contribution >= 0.6 is 0 Å². The molecule has 0 saturated heterocycles. The summed E-state index contributed by atoms with van der Waals surface area (Å²) in [5, 5.41) is 4.56. The summed E-state index contributed by atoms with van der Waals surface area (Å²) >= 11 is 0. The van der Waals surface area contributed by atoms with Crippen molar-refractivity contribution < 1.29 is 0 Å². The molecule has 0 amide bonds. The van der Waals surface area contributed by atoms with Gasteiger partial charge in [-0.2, -0.15) is 5.10 Å². The van der Waals surface area contributed by atoms with Gasteiger partial charge in [-0.1, -0.05) is 31.8 Å². The van der Waals surface area contributed by atoms with Crippen LogP contribution in [0.4, 0.5) is 0 Å². The molecule has 1 aliphatic carbocycles. The quantitative estimate of drug-likeness (QED) is 0.743. The van der Waals surface area contributed by atoms with Crippen molar-refractivity contribution in [3.63, 3.8) is 0 Å². The van der Waals surface area contributed by atoms with Gasteiger partial charge in [0.15, 0.2) is 0 Å². The Bertz CT molecular complexity index is 264. The molecule has 0 aromatic carbocycles. The van der Waals surface area contributed by atoms with E-state index in [4.69, 9.17) is 0 Å². The molecule has 18 heavy (non-hydrogen) atoms. The van der Waals surface area contributed by atoms with Gasteiger partial charge in [0.1, 0.15) is 0 Å². The maximum atomic E-state index is 4.56. The van der Waals surface area contributed by atoms with E-state index in [1.165, 1.54) is 75.5 Å². The SMILES string of the molecule is C1=C(/C2=N\NNCCCCC2)CCCCCCC/1. The summed E-state index contributed by atoms with van der Waals surface area (Å²) in [6.07, 6.45) is 16.8. The van der Waals surface area contributed by atoms with Gasteiger partial charge in [0.2, 0.25) is 0 Å². The molecule has 3 heteroatoms. The Kier molecular flexibility index (Phi) is 6.27. The lowest BCUT2D eigenvalue weighted by atomic mass is 9.98. The lowest BCUT2D eigenvalue weighted by Gasteiger charge is -2.10. The van der Waals surface area contributed by atoms with Gasteiger partial charge in [-0.3, -0.25) is 0 Å². The minimum Gasteiger partial charge on any atom is -0.243 e. The highest BCUT2D eigenvalue weighted by atomic mass is 15.6. The number of hydrazine groups is 1. The zero-order chi connectivity index (χ0) is 12.5. The maximum Gasteiger partial charge on any atom is 0.0647 e. The van der Waals surface area contributed by atoms with Crippen LogP contribution in [0, 0.1) is 0 Å². The van der Waals surface area contributed by atoms with Crippen molar-refractivity contribution in [2.24, 2.45) is 5.10 Å². The molecule has 1 aliphatic heterocycles. The minimum absolute atomic E-state index is 1.02. The van der Waals surface area contributed by atoms with Gasteiger partial charge in [0.25, 0.3) is 0 Å². The van der Waals surface area contributed by atoms with E-state index in [1.807, 2.05) is 0 Å². The predicted molar refractivity (Wildman–Crippen MR) is 77.4 cm³/mol. The van der Waals surface area contributed by atoms with Crippen molar-refractivity contribution in [3.05, 3.63) is 11.6 Å². The number of nitrogens with zero attached hydrogens (tertiary/aromatic N) is 1. The second-order valence-corrected chi connectivity index (χ2v) is 5.44. The highest BCUT2D eigenvalue weighted by Gasteiger charge is 2.10. The summed E-state index contributed by atoms with van der Waals surface area (Å²) in [5.41, 5.74) is 9.00. The second kappa shape index (κ2) is 8.30. The highest BCUT2D eigenvalue weighted by Crippen LogP contribution is 2.20. The molecule has 0 fully saturated rings. The molecule has 0 bridgehead atoms. The van der Waals surface area contributed by atoms with Gasteiger partial charge in [0, 0.05) is 6.54 Å². The average Bonchev–Trinajstić information content (AvgIpc) is 2.61. The summed E-state index contributed by atoms with van der Waals surface area (Å²) in [5.74, 6) is 0. The van der Waals surface area contributed by atoms with Crippen LogP contribution in [0.1, 0.15) is 70.6 Å². The number of allylic oxidation sites excluding steroid dienone is 2. The molecule has 0 radical (unpaired) electrons. The van der Waals surface area contributed by atoms with Crippen molar-refractivity contribution in [1.29, 1.82) is 0 Å². The lowest BCUT2D eigenvalue weighted by molar-refractivity contribution is 0.536. The molecular formula is C15H27N3. The van der Waals surface area contributed by atoms with Crippen molar-refractivity contribution in [2.75, 3.05) is 6.54 Å². The summed E-state index contributed by atoms with van der Waals surface area (Å²) in [4.78, 5) is 0. The molecule has 1 heterocycles. The van der Waals surface area contributed by atoms with Crippen molar-refractivity contribution in [1.82, 2.24) is 11.0 Å². The van der Waals surface area contributed by atoms with Crippen LogP contribution in [0.5, 0.6) is 0 Å². The van der Waals surface area contributed by atoms with Crippen LogP contribution in [0.2, 0.25) is 0 Å².